The third-order valence-corrected chi connectivity index (χ3v) is 8.30. The number of thiazole rings is 1. The fraction of sp³-hybridized carbons (Fsp3) is 0.364. The molecule has 0 saturated carbocycles. The second-order valence-electron chi connectivity index (χ2n) is 7.36. The third-order valence-electron chi connectivity index (χ3n) is 5.14. The molecule has 0 N–H and O–H groups in total. The summed E-state index contributed by atoms with van der Waals surface area (Å²) in [6.07, 6.45) is 0. The van der Waals surface area contributed by atoms with Crippen LogP contribution >= 0.6 is 11.3 Å². The maximum atomic E-state index is 12.7. The second kappa shape index (κ2) is 8.83. The molecule has 0 atom stereocenters. The lowest BCUT2D eigenvalue weighted by Gasteiger charge is -2.18. The van der Waals surface area contributed by atoms with Crippen molar-refractivity contribution in [1.29, 1.82) is 0 Å². The fourth-order valence-corrected chi connectivity index (χ4v) is 5.77. The van der Waals surface area contributed by atoms with Crippen LogP contribution in [-0.2, 0) is 17.1 Å². The fourth-order valence-electron chi connectivity index (χ4n) is 3.25. The summed E-state index contributed by atoms with van der Waals surface area (Å²) in [5.41, 5.74) is 2.62. The molecule has 0 unspecified atom stereocenters. The average Bonchev–Trinajstić information content (AvgIpc) is 3.03. The van der Waals surface area contributed by atoms with E-state index in [1.165, 1.54) is 45.5 Å². The highest BCUT2D eigenvalue weighted by Crippen LogP contribution is 2.23. The minimum atomic E-state index is -3.55. The number of fused-ring (bicyclic) bond motifs is 1. The number of aryl methyl sites for hydroxylation is 1. The Morgan fingerprint density at radius 3 is 2.30 bits per heavy atom. The SMILES string of the molecule is CCN(CC)S(=O)(=O)c1ccc(C(=O)N=c2sc3cc(C(C)C)ccc3n2C)cc1. The second-order valence-corrected chi connectivity index (χ2v) is 10.3. The number of carbonyl (C=O) groups excluding carboxylic acids is 1. The Hall–Kier alpha value is -2.29. The molecule has 6 nitrogen and oxygen atoms in total. The third kappa shape index (κ3) is 4.26. The Balaban J connectivity index is 1.94. The van der Waals surface area contributed by atoms with Gasteiger partial charge in [0, 0.05) is 25.7 Å². The lowest BCUT2D eigenvalue weighted by Crippen LogP contribution is -2.30. The van der Waals surface area contributed by atoms with Crippen LogP contribution in [0.15, 0.2) is 52.4 Å². The van der Waals surface area contributed by atoms with E-state index in [9.17, 15) is 13.2 Å². The molecule has 2 aromatic carbocycles. The van der Waals surface area contributed by atoms with Gasteiger partial charge in [-0.15, -0.1) is 0 Å². The van der Waals surface area contributed by atoms with Gasteiger partial charge < -0.3 is 4.57 Å². The zero-order valence-electron chi connectivity index (χ0n) is 17.9. The van der Waals surface area contributed by atoms with E-state index in [0.717, 1.165) is 10.2 Å². The highest BCUT2D eigenvalue weighted by Gasteiger charge is 2.21. The Morgan fingerprint density at radius 1 is 1.10 bits per heavy atom. The zero-order chi connectivity index (χ0) is 22.1. The van der Waals surface area contributed by atoms with Gasteiger partial charge in [0.15, 0.2) is 4.80 Å². The number of hydrogen-bond acceptors (Lipinski definition) is 4. The molecule has 0 aliphatic heterocycles. The number of aromatic nitrogens is 1. The van der Waals surface area contributed by atoms with E-state index >= 15 is 0 Å². The number of amides is 1. The van der Waals surface area contributed by atoms with Crippen LogP contribution in [0.2, 0.25) is 0 Å². The van der Waals surface area contributed by atoms with Gasteiger partial charge in [0.05, 0.1) is 15.1 Å². The van der Waals surface area contributed by atoms with Gasteiger partial charge in [0.25, 0.3) is 5.91 Å². The van der Waals surface area contributed by atoms with Gasteiger partial charge in [-0.1, -0.05) is 45.1 Å². The van der Waals surface area contributed by atoms with E-state index in [1.807, 2.05) is 11.6 Å². The van der Waals surface area contributed by atoms with Crippen molar-refractivity contribution < 1.29 is 13.2 Å². The van der Waals surface area contributed by atoms with Crippen LogP contribution < -0.4 is 4.80 Å². The topological polar surface area (TPSA) is 71.7 Å². The first-order valence-electron chi connectivity index (χ1n) is 9.97. The molecule has 8 heteroatoms. The Labute approximate surface area is 181 Å². The first-order chi connectivity index (χ1) is 14.2. The Morgan fingerprint density at radius 2 is 1.73 bits per heavy atom. The standard InChI is InChI=1S/C22H27N3O3S2/c1-6-25(7-2)30(27,28)18-11-8-16(9-12-18)21(26)23-22-24(5)19-13-10-17(15(3)4)14-20(19)29-22/h8-15H,6-7H2,1-5H3. The highest BCUT2D eigenvalue weighted by molar-refractivity contribution is 7.89. The molecular formula is C22H27N3O3S2. The van der Waals surface area contributed by atoms with Crippen molar-refractivity contribution >= 4 is 37.5 Å². The molecule has 0 spiro atoms. The van der Waals surface area contributed by atoms with Gasteiger partial charge in [-0.05, 0) is 47.9 Å². The highest BCUT2D eigenvalue weighted by atomic mass is 32.2. The van der Waals surface area contributed by atoms with Crippen molar-refractivity contribution in [3.63, 3.8) is 0 Å². The van der Waals surface area contributed by atoms with E-state index in [4.69, 9.17) is 0 Å². The quantitative estimate of drug-likeness (QED) is 0.573. The first kappa shape index (κ1) is 22.4. The van der Waals surface area contributed by atoms with Gasteiger partial charge in [0.1, 0.15) is 0 Å². The number of rotatable bonds is 6. The summed E-state index contributed by atoms with van der Waals surface area (Å²) in [6.45, 7) is 8.69. The predicted molar refractivity (Wildman–Crippen MR) is 121 cm³/mol. The maximum absolute atomic E-state index is 12.7. The number of carbonyl (C=O) groups is 1. The maximum Gasteiger partial charge on any atom is 0.279 e. The van der Waals surface area contributed by atoms with E-state index in [0.29, 0.717) is 29.4 Å². The van der Waals surface area contributed by atoms with Crippen molar-refractivity contribution in [3.05, 3.63) is 58.4 Å². The summed E-state index contributed by atoms with van der Waals surface area (Å²) in [4.78, 5) is 17.8. The predicted octanol–water partition coefficient (Wildman–Crippen LogP) is 4.13. The lowest BCUT2D eigenvalue weighted by atomic mass is 10.0. The largest absolute Gasteiger partial charge is 0.319 e. The summed E-state index contributed by atoms with van der Waals surface area (Å²) in [5.74, 6) is 0.0305. The Kier molecular flexibility index (Phi) is 6.59. The van der Waals surface area contributed by atoms with Gasteiger partial charge in [-0.2, -0.15) is 9.30 Å². The van der Waals surface area contributed by atoms with Crippen molar-refractivity contribution in [2.45, 2.75) is 38.5 Å². The van der Waals surface area contributed by atoms with Gasteiger partial charge in [-0.25, -0.2) is 8.42 Å². The molecule has 0 saturated heterocycles. The molecule has 3 rings (SSSR count). The molecule has 3 aromatic rings. The molecule has 0 aliphatic carbocycles. The van der Waals surface area contributed by atoms with E-state index in [1.54, 1.807) is 13.8 Å². The summed E-state index contributed by atoms with van der Waals surface area (Å²) in [6, 6.07) is 12.3. The molecule has 0 aliphatic rings. The number of sulfonamides is 1. The lowest BCUT2D eigenvalue weighted by molar-refractivity contribution is 0.0998. The summed E-state index contributed by atoms with van der Waals surface area (Å²) < 4.78 is 29.6. The minimum Gasteiger partial charge on any atom is -0.319 e. The summed E-state index contributed by atoms with van der Waals surface area (Å²) in [7, 11) is -1.66. The molecule has 160 valence electrons. The van der Waals surface area contributed by atoms with Crippen LogP contribution in [0.1, 0.15) is 49.5 Å². The van der Waals surface area contributed by atoms with Crippen molar-refractivity contribution in [3.8, 4) is 0 Å². The van der Waals surface area contributed by atoms with Gasteiger partial charge in [-0.3, -0.25) is 4.79 Å². The van der Waals surface area contributed by atoms with E-state index in [2.05, 4.69) is 37.0 Å². The normalized spacial score (nSPS) is 13.0. The van der Waals surface area contributed by atoms with Crippen molar-refractivity contribution in [2.24, 2.45) is 12.0 Å². The van der Waals surface area contributed by atoms with E-state index < -0.39 is 15.9 Å². The van der Waals surface area contributed by atoms with Crippen molar-refractivity contribution in [2.75, 3.05) is 13.1 Å². The van der Waals surface area contributed by atoms with Crippen LogP contribution in [0.3, 0.4) is 0 Å². The molecule has 0 bridgehead atoms. The monoisotopic (exact) mass is 445 g/mol. The van der Waals surface area contributed by atoms with Crippen molar-refractivity contribution in [1.82, 2.24) is 8.87 Å². The first-order valence-corrected chi connectivity index (χ1v) is 12.2. The minimum absolute atomic E-state index is 0.177. The molecule has 1 amide bonds. The smallest absolute Gasteiger partial charge is 0.279 e. The number of hydrogen-bond donors (Lipinski definition) is 0. The summed E-state index contributed by atoms with van der Waals surface area (Å²) >= 11 is 1.47. The molecular weight excluding hydrogens is 418 g/mol. The average molecular weight is 446 g/mol. The molecule has 30 heavy (non-hydrogen) atoms. The van der Waals surface area contributed by atoms with Crippen LogP contribution in [0, 0.1) is 0 Å². The van der Waals surface area contributed by atoms with Crippen LogP contribution in [0.25, 0.3) is 10.2 Å². The Bertz CT molecular complexity index is 1230. The molecule has 1 heterocycles. The van der Waals surface area contributed by atoms with Gasteiger partial charge in [0.2, 0.25) is 10.0 Å². The molecule has 1 aromatic heterocycles. The summed E-state index contributed by atoms with van der Waals surface area (Å²) in [5, 5.41) is 0. The van der Waals surface area contributed by atoms with Gasteiger partial charge >= 0.3 is 0 Å². The van der Waals surface area contributed by atoms with Crippen LogP contribution in [-0.4, -0.2) is 36.3 Å². The van der Waals surface area contributed by atoms with Crippen LogP contribution in [0.5, 0.6) is 0 Å². The number of nitrogens with zero attached hydrogens (tertiary/aromatic N) is 3. The molecule has 0 radical (unpaired) electrons. The van der Waals surface area contributed by atoms with E-state index in [-0.39, 0.29) is 4.90 Å². The molecule has 0 fully saturated rings. The zero-order valence-corrected chi connectivity index (χ0v) is 19.5. The van der Waals surface area contributed by atoms with Crippen LogP contribution in [0.4, 0.5) is 0 Å². The number of benzene rings is 2.